The van der Waals surface area contributed by atoms with Crippen molar-refractivity contribution in [1.29, 1.82) is 0 Å². The fourth-order valence-corrected chi connectivity index (χ4v) is 5.11. The van der Waals surface area contributed by atoms with Crippen LogP contribution in [-0.2, 0) is 11.3 Å². The number of amides is 1. The molecule has 1 amide bonds. The third-order valence-electron chi connectivity index (χ3n) is 7.19. The van der Waals surface area contributed by atoms with Gasteiger partial charge in [-0.15, -0.1) is 0 Å². The summed E-state index contributed by atoms with van der Waals surface area (Å²) in [5, 5.41) is 3.88. The molecule has 0 unspecified atom stereocenters. The van der Waals surface area contributed by atoms with Crippen molar-refractivity contribution in [3.05, 3.63) is 107 Å². The van der Waals surface area contributed by atoms with Gasteiger partial charge >= 0.3 is 0 Å². The number of nitrogens with one attached hydrogen (secondary N) is 2. The second-order valence-corrected chi connectivity index (χ2v) is 9.70. The van der Waals surface area contributed by atoms with Gasteiger partial charge < -0.3 is 10.3 Å². The van der Waals surface area contributed by atoms with E-state index >= 15 is 0 Å². The maximum Gasteiger partial charge on any atom is 0.257 e. The summed E-state index contributed by atoms with van der Waals surface area (Å²) in [6, 6.07) is 21.8. The fourth-order valence-electron chi connectivity index (χ4n) is 5.11. The average Bonchev–Trinajstić information content (AvgIpc) is 3.01. The van der Waals surface area contributed by atoms with Gasteiger partial charge in [0.15, 0.2) is 5.82 Å². The van der Waals surface area contributed by atoms with Gasteiger partial charge in [-0.2, -0.15) is 0 Å². The monoisotopic (exact) mass is 516 g/mol. The first-order valence-corrected chi connectivity index (χ1v) is 13.1. The van der Waals surface area contributed by atoms with Crippen molar-refractivity contribution in [3.8, 4) is 22.4 Å². The van der Waals surface area contributed by atoms with Crippen LogP contribution < -0.4 is 15.8 Å². The van der Waals surface area contributed by atoms with Crippen molar-refractivity contribution in [3.63, 3.8) is 0 Å². The highest BCUT2D eigenvalue weighted by Crippen LogP contribution is 2.33. The van der Waals surface area contributed by atoms with E-state index in [1.807, 2.05) is 66.7 Å². The van der Waals surface area contributed by atoms with Crippen molar-refractivity contribution in [2.75, 3.05) is 18.0 Å². The zero-order valence-corrected chi connectivity index (χ0v) is 21.4. The van der Waals surface area contributed by atoms with E-state index in [2.05, 4.69) is 20.3 Å². The molecule has 39 heavy (non-hydrogen) atoms. The van der Waals surface area contributed by atoms with Gasteiger partial charge in [0.1, 0.15) is 0 Å². The first-order valence-electron chi connectivity index (χ1n) is 13.1. The second-order valence-electron chi connectivity index (χ2n) is 9.70. The standard InChI is InChI=1S/C31H28N6O2/c38-30-26-18-25(22-4-2-1-3-5-22)29(36-27(26)12-15-35-30)23-8-6-21(7-9-23)20-37(28-19-33-16-17-34-28)31(39)24-10-13-32-14-11-24/h1-9,12,15-19,24,32H,10-11,13-14,20H2,(H,35,38). The largest absolute Gasteiger partial charge is 0.328 e. The molecule has 2 aromatic carbocycles. The van der Waals surface area contributed by atoms with Gasteiger partial charge in [0.2, 0.25) is 5.91 Å². The molecule has 1 aliphatic heterocycles. The molecule has 6 rings (SSSR count). The van der Waals surface area contributed by atoms with E-state index in [1.165, 1.54) is 0 Å². The molecule has 0 saturated carbocycles. The van der Waals surface area contributed by atoms with Crippen LogP contribution in [0.2, 0.25) is 0 Å². The van der Waals surface area contributed by atoms with Gasteiger partial charge in [0.05, 0.1) is 29.3 Å². The van der Waals surface area contributed by atoms with E-state index in [-0.39, 0.29) is 17.4 Å². The number of carbonyl (C=O) groups excluding carboxylic acids is 1. The van der Waals surface area contributed by atoms with Crippen molar-refractivity contribution in [2.24, 2.45) is 5.92 Å². The molecule has 0 spiro atoms. The summed E-state index contributed by atoms with van der Waals surface area (Å²) in [6.45, 7) is 2.08. The van der Waals surface area contributed by atoms with Crippen LogP contribution in [0, 0.1) is 5.92 Å². The zero-order chi connectivity index (χ0) is 26.6. The number of carbonyl (C=O) groups is 1. The van der Waals surface area contributed by atoms with Gasteiger partial charge in [-0.05, 0) is 49.2 Å². The Morgan fingerprint density at radius 1 is 0.949 bits per heavy atom. The van der Waals surface area contributed by atoms with E-state index in [9.17, 15) is 9.59 Å². The lowest BCUT2D eigenvalue weighted by Crippen LogP contribution is -2.41. The topological polar surface area (TPSA) is 104 Å². The number of hydrogen-bond acceptors (Lipinski definition) is 6. The van der Waals surface area contributed by atoms with Gasteiger partial charge in [-0.3, -0.25) is 19.5 Å². The normalized spacial score (nSPS) is 13.8. The fraction of sp³-hybridized carbons (Fsp3) is 0.194. The molecule has 8 heteroatoms. The number of H-pyrrole nitrogens is 1. The SMILES string of the molecule is O=C(C1CCNCC1)N(Cc1ccc(-c2nc3cc[nH]c(=O)c3cc2-c2ccccc2)cc1)c1cnccn1. The van der Waals surface area contributed by atoms with Crippen molar-refractivity contribution in [2.45, 2.75) is 19.4 Å². The van der Waals surface area contributed by atoms with Gasteiger partial charge in [0.25, 0.3) is 5.56 Å². The Hall–Kier alpha value is -4.69. The molecule has 8 nitrogen and oxygen atoms in total. The molecule has 4 heterocycles. The number of benzene rings is 2. The Bertz CT molecular complexity index is 1650. The first-order chi connectivity index (χ1) is 19.2. The maximum absolute atomic E-state index is 13.5. The van der Waals surface area contributed by atoms with Gasteiger partial charge in [-0.25, -0.2) is 9.97 Å². The number of piperidine rings is 1. The number of nitrogens with zero attached hydrogens (tertiary/aromatic N) is 4. The van der Waals surface area contributed by atoms with Crippen LogP contribution in [-0.4, -0.2) is 38.9 Å². The van der Waals surface area contributed by atoms with Gasteiger partial charge in [-0.1, -0.05) is 54.6 Å². The molecular weight excluding hydrogens is 488 g/mol. The van der Waals surface area contributed by atoms with E-state index in [0.29, 0.717) is 23.3 Å². The minimum absolute atomic E-state index is 0.0362. The molecule has 0 bridgehead atoms. The third kappa shape index (κ3) is 5.19. The molecule has 0 atom stereocenters. The summed E-state index contributed by atoms with van der Waals surface area (Å²) in [6.07, 6.45) is 8.11. The lowest BCUT2D eigenvalue weighted by Gasteiger charge is -2.29. The molecule has 2 N–H and O–H groups in total. The number of anilines is 1. The maximum atomic E-state index is 13.5. The molecule has 1 aliphatic rings. The summed E-state index contributed by atoms with van der Waals surface area (Å²) in [7, 11) is 0. The van der Waals surface area contributed by atoms with E-state index in [4.69, 9.17) is 4.98 Å². The summed E-state index contributed by atoms with van der Waals surface area (Å²) in [5.74, 6) is 0.595. The first kappa shape index (κ1) is 24.6. The van der Waals surface area contributed by atoms with Crippen LogP contribution in [0.15, 0.2) is 96.3 Å². The van der Waals surface area contributed by atoms with E-state index < -0.39 is 0 Å². The van der Waals surface area contributed by atoms with E-state index in [1.54, 1.807) is 29.7 Å². The van der Waals surface area contributed by atoms with E-state index in [0.717, 1.165) is 53.9 Å². The molecule has 3 aromatic heterocycles. The number of aromatic nitrogens is 4. The van der Waals surface area contributed by atoms with Crippen LogP contribution in [0.25, 0.3) is 33.3 Å². The minimum Gasteiger partial charge on any atom is -0.328 e. The van der Waals surface area contributed by atoms with Gasteiger partial charge in [0, 0.05) is 35.6 Å². The predicted octanol–water partition coefficient (Wildman–Crippen LogP) is 4.58. The van der Waals surface area contributed by atoms with Crippen LogP contribution in [0.1, 0.15) is 18.4 Å². The smallest absolute Gasteiger partial charge is 0.257 e. The lowest BCUT2D eigenvalue weighted by atomic mass is 9.96. The summed E-state index contributed by atoms with van der Waals surface area (Å²) in [5.41, 5.74) is 5.04. The summed E-state index contributed by atoms with van der Waals surface area (Å²) in [4.78, 5) is 44.1. The number of rotatable bonds is 6. The second kappa shape index (κ2) is 11.0. The molecule has 0 radical (unpaired) electrons. The zero-order valence-electron chi connectivity index (χ0n) is 21.4. The lowest BCUT2D eigenvalue weighted by molar-refractivity contribution is -0.123. The molecule has 1 fully saturated rings. The van der Waals surface area contributed by atoms with Crippen molar-refractivity contribution >= 4 is 22.6 Å². The Balaban J connectivity index is 1.35. The summed E-state index contributed by atoms with van der Waals surface area (Å²) >= 11 is 0. The Morgan fingerprint density at radius 3 is 2.49 bits per heavy atom. The molecule has 5 aromatic rings. The molecule has 194 valence electrons. The van der Waals surface area contributed by atoms with Crippen molar-refractivity contribution in [1.82, 2.24) is 25.3 Å². The number of fused-ring (bicyclic) bond motifs is 1. The third-order valence-corrected chi connectivity index (χ3v) is 7.19. The Kier molecular flexibility index (Phi) is 6.93. The van der Waals surface area contributed by atoms with Crippen LogP contribution in [0.3, 0.4) is 0 Å². The average molecular weight is 517 g/mol. The quantitative estimate of drug-likeness (QED) is 0.342. The number of aromatic amines is 1. The number of hydrogen-bond donors (Lipinski definition) is 2. The summed E-state index contributed by atoms with van der Waals surface area (Å²) < 4.78 is 0. The Morgan fingerprint density at radius 2 is 1.74 bits per heavy atom. The highest BCUT2D eigenvalue weighted by Gasteiger charge is 2.28. The number of pyridine rings is 2. The molecule has 0 aliphatic carbocycles. The van der Waals surface area contributed by atoms with Crippen LogP contribution in [0.4, 0.5) is 5.82 Å². The van der Waals surface area contributed by atoms with Crippen molar-refractivity contribution < 1.29 is 4.79 Å². The molecular formula is C31H28N6O2. The Labute approximate surface area is 225 Å². The minimum atomic E-state index is -0.165. The highest BCUT2D eigenvalue weighted by atomic mass is 16.2. The van der Waals surface area contributed by atoms with Crippen LogP contribution >= 0.6 is 0 Å². The predicted molar refractivity (Wildman–Crippen MR) is 152 cm³/mol. The molecule has 1 saturated heterocycles. The van der Waals surface area contributed by atoms with Crippen LogP contribution in [0.5, 0.6) is 0 Å². The highest BCUT2D eigenvalue weighted by molar-refractivity contribution is 5.94.